The molecular weight excluding hydrogens is 314 g/mol. The topological polar surface area (TPSA) is 70.9 Å². The van der Waals surface area contributed by atoms with E-state index < -0.39 is 0 Å². The molecule has 3 heterocycles. The molecule has 0 saturated carbocycles. The van der Waals surface area contributed by atoms with Crippen LogP contribution in [-0.2, 0) is 13.6 Å². The van der Waals surface area contributed by atoms with Gasteiger partial charge in [-0.1, -0.05) is 36.8 Å². The number of anilines is 2. The van der Waals surface area contributed by atoms with E-state index in [1.807, 2.05) is 29.8 Å². The number of nitrogens with zero attached hydrogens (tertiary/aromatic N) is 5. The van der Waals surface area contributed by atoms with Gasteiger partial charge in [0.05, 0.1) is 6.33 Å². The summed E-state index contributed by atoms with van der Waals surface area (Å²) in [4.78, 5) is 13.8. The maximum atomic E-state index is 4.67. The summed E-state index contributed by atoms with van der Waals surface area (Å²) >= 11 is 0. The average molecular weight is 337 g/mol. The molecule has 0 spiro atoms. The zero-order valence-electron chi connectivity index (χ0n) is 14.4. The number of imidazole rings is 1. The Kier molecular flexibility index (Phi) is 4.47. The molecule has 0 aliphatic carbocycles. The van der Waals surface area contributed by atoms with Crippen LogP contribution in [0.4, 0.5) is 11.8 Å². The number of aryl methyl sites for hydroxylation is 1. The molecule has 2 N–H and O–H groups in total. The Morgan fingerprint density at radius 3 is 2.64 bits per heavy atom. The van der Waals surface area contributed by atoms with Gasteiger partial charge in [0.15, 0.2) is 17.0 Å². The largest absolute Gasteiger partial charge is 0.364 e. The number of hydrogen-bond acceptors (Lipinski definition) is 6. The molecule has 0 atom stereocenters. The fourth-order valence-corrected chi connectivity index (χ4v) is 3.11. The molecule has 130 valence electrons. The van der Waals surface area contributed by atoms with Gasteiger partial charge in [-0.15, -0.1) is 0 Å². The zero-order valence-corrected chi connectivity index (χ0v) is 14.4. The normalized spacial score (nSPS) is 15.4. The van der Waals surface area contributed by atoms with Gasteiger partial charge in [0.25, 0.3) is 0 Å². The van der Waals surface area contributed by atoms with Crippen molar-refractivity contribution in [3.8, 4) is 0 Å². The van der Waals surface area contributed by atoms with E-state index in [1.165, 1.54) is 24.8 Å². The molecule has 0 amide bonds. The zero-order chi connectivity index (χ0) is 17.1. The molecule has 3 aromatic rings. The van der Waals surface area contributed by atoms with E-state index in [0.29, 0.717) is 12.5 Å². The SMILES string of the molecule is Cn1cnc2c(NCc3ccccc3)nc(NN3CCCCC3)nc21. The number of fused-ring (bicyclic) bond motifs is 1. The first-order chi connectivity index (χ1) is 12.3. The van der Waals surface area contributed by atoms with Gasteiger partial charge >= 0.3 is 0 Å². The molecule has 1 aliphatic rings. The minimum absolute atomic E-state index is 0.619. The highest BCUT2D eigenvalue weighted by Crippen LogP contribution is 2.21. The van der Waals surface area contributed by atoms with E-state index in [9.17, 15) is 0 Å². The van der Waals surface area contributed by atoms with Crippen LogP contribution in [0.3, 0.4) is 0 Å². The number of hydrogen-bond donors (Lipinski definition) is 2. The first-order valence-corrected chi connectivity index (χ1v) is 8.78. The lowest BCUT2D eigenvalue weighted by atomic mass is 10.2. The molecule has 0 bridgehead atoms. The lowest BCUT2D eigenvalue weighted by Gasteiger charge is -2.26. The fourth-order valence-electron chi connectivity index (χ4n) is 3.11. The highest BCUT2D eigenvalue weighted by Gasteiger charge is 2.15. The lowest BCUT2D eigenvalue weighted by Crippen LogP contribution is -2.35. The Hall–Kier alpha value is -2.67. The predicted octanol–water partition coefficient (Wildman–Crippen LogP) is 2.79. The molecule has 4 rings (SSSR count). The molecule has 1 aliphatic heterocycles. The van der Waals surface area contributed by atoms with E-state index in [4.69, 9.17) is 0 Å². The third-order valence-electron chi connectivity index (χ3n) is 4.48. The van der Waals surface area contributed by atoms with Crippen LogP contribution in [0.5, 0.6) is 0 Å². The summed E-state index contributed by atoms with van der Waals surface area (Å²) in [6.07, 6.45) is 5.49. The third kappa shape index (κ3) is 3.56. The van der Waals surface area contributed by atoms with Gasteiger partial charge in [0.2, 0.25) is 5.95 Å². The molecule has 0 unspecified atom stereocenters. The molecule has 7 heteroatoms. The third-order valence-corrected chi connectivity index (χ3v) is 4.48. The van der Waals surface area contributed by atoms with Gasteiger partial charge < -0.3 is 9.88 Å². The van der Waals surface area contributed by atoms with E-state index in [2.05, 4.69) is 42.8 Å². The first-order valence-electron chi connectivity index (χ1n) is 8.78. The smallest absolute Gasteiger partial charge is 0.241 e. The summed E-state index contributed by atoms with van der Waals surface area (Å²) < 4.78 is 1.92. The summed E-state index contributed by atoms with van der Waals surface area (Å²) in [7, 11) is 1.95. The quantitative estimate of drug-likeness (QED) is 0.746. The molecule has 1 fully saturated rings. The van der Waals surface area contributed by atoms with Crippen molar-refractivity contribution in [3.05, 3.63) is 42.2 Å². The van der Waals surface area contributed by atoms with E-state index in [0.717, 1.165) is 30.1 Å². The molecule has 1 aromatic carbocycles. The lowest BCUT2D eigenvalue weighted by molar-refractivity contribution is 0.271. The maximum absolute atomic E-state index is 4.67. The van der Waals surface area contributed by atoms with Crippen molar-refractivity contribution in [1.82, 2.24) is 24.5 Å². The minimum Gasteiger partial charge on any atom is -0.364 e. The monoisotopic (exact) mass is 337 g/mol. The van der Waals surface area contributed by atoms with E-state index >= 15 is 0 Å². The summed E-state index contributed by atoms with van der Waals surface area (Å²) in [6.45, 7) is 2.76. The Morgan fingerprint density at radius 2 is 1.84 bits per heavy atom. The van der Waals surface area contributed by atoms with Crippen molar-refractivity contribution in [2.45, 2.75) is 25.8 Å². The molecule has 25 heavy (non-hydrogen) atoms. The minimum atomic E-state index is 0.619. The molecule has 0 radical (unpaired) electrons. The number of aromatic nitrogens is 4. The van der Waals surface area contributed by atoms with Gasteiger partial charge in [-0.05, 0) is 18.4 Å². The number of benzene rings is 1. The summed E-state index contributed by atoms with van der Waals surface area (Å²) in [6, 6.07) is 10.3. The highest BCUT2D eigenvalue weighted by molar-refractivity contribution is 5.84. The molecule has 1 saturated heterocycles. The second-order valence-corrected chi connectivity index (χ2v) is 6.42. The van der Waals surface area contributed by atoms with Gasteiger partial charge in [0, 0.05) is 26.7 Å². The van der Waals surface area contributed by atoms with Crippen LogP contribution < -0.4 is 10.7 Å². The first kappa shape index (κ1) is 15.8. The van der Waals surface area contributed by atoms with Gasteiger partial charge in [-0.3, -0.25) is 5.43 Å². The van der Waals surface area contributed by atoms with Gasteiger partial charge in [-0.25, -0.2) is 9.99 Å². The van der Waals surface area contributed by atoms with Crippen molar-refractivity contribution in [1.29, 1.82) is 0 Å². The van der Waals surface area contributed by atoms with E-state index in [1.54, 1.807) is 6.33 Å². The van der Waals surface area contributed by atoms with Gasteiger partial charge in [0.1, 0.15) is 0 Å². The van der Waals surface area contributed by atoms with Crippen molar-refractivity contribution in [2.75, 3.05) is 23.8 Å². The number of nitrogens with one attached hydrogen (secondary N) is 2. The van der Waals surface area contributed by atoms with Crippen molar-refractivity contribution < 1.29 is 0 Å². The Balaban J connectivity index is 1.59. The van der Waals surface area contributed by atoms with Crippen LogP contribution >= 0.6 is 0 Å². The highest BCUT2D eigenvalue weighted by atomic mass is 15.5. The Bertz CT molecular complexity index is 837. The van der Waals surface area contributed by atoms with Crippen LogP contribution in [0, 0.1) is 0 Å². The van der Waals surface area contributed by atoms with Crippen molar-refractivity contribution >= 4 is 22.9 Å². The van der Waals surface area contributed by atoms with E-state index in [-0.39, 0.29) is 0 Å². The standard InChI is InChI=1S/C18H23N7/c1-24-13-20-15-16(19-12-14-8-4-2-5-9-14)21-18(22-17(15)24)23-25-10-6-3-7-11-25/h2,4-5,8-9,13H,3,6-7,10-12H2,1H3,(H2,19,21,22,23). The van der Waals surface area contributed by atoms with Crippen LogP contribution in [0.25, 0.3) is 11.2 Å². The molecule has 2 aromatic heterocycles. The van der Waals surface area contributed by atoms with Crippen LogP contribution in [0.1, 0.15) is 24.8 Å². The Labute approximate surface area is 147 Å². The van der Waals surface area contributed by atoms with Crippen molar-refractivity contribution in [3.63, 3.8) is 0 Å². The maximum Gasteiger partial charge on any atom is 0.241 e. The van der Waals surface area contributed by atoms with Crippen molar-refractivity contribution in [2.24, 2.45) is 7.05 Å². The number of hydrazine groups is 1. The Morgan fingerprint density at radius 1 is 1.04 bits per heavy atom. The molecule has 7 nitrogen and oxygen atoms in total. The summed E-state index contributed by atoms with van der Waals surface area (Å²) in [5.74, 6) is 1.38. The van der Waals surface area contributed by atoms with Gasteiger partial charge in [-0.2, -0.15) is 9.97 Å². The number of rotatable bonds is 5. The fraction of sp³-hybridized carbons (Fsp3) is 0.389. The summed E-state index contributed by atoms with van der Waals surface area (Å²) in [5, 5.41) is 5.61. The van der Waals surface area contributed by atoms with Crippen LogP contribution in [0.15, 0.2) is 36.7 Å². The van der Waals surface area contributed by atoms with Crippen LogP contribution in [0.2, 0.25) is 0 Å². The predicted molar refractivity (Wildman–Crippen MR) is 99.1 cm³/mol. The molecular formula is C18H23N7. The van der Waals surface area contributed by atoms with Crippen LogP contribution in [-0.4, -0.2) is 37.6 Å². The number of piperidine rings is 1. The second-order valence-electron chi connectivity index (χ2n) is 6.42. The average Bonchev–Trinajstić information content (AvgIpc) is 3.03. The summed E-state index contributed by atoms with van der Waals surface area (Å²) in [5.41, 5.74) is 6.18. The second kappa shape index (κ2) is 7.06.